The summed E-state index contributed by atoms with van der Waals surface area (Å²) in [5.41, 5.74) is 0. The zero-order valence-electron chi connectivity index (χ0n) is 15.5. The minimum atomic E-state index is -3.55. The molecule has 0 saturated heterocycles. The van der Waals surface area contributed by atoms with Gasteiger partial charge in [0.05, 0.1) is 25.1 Å². The molecule has 0 aromatic heterocycles. The summed E-state index contributed by atoms with van der Waals surface area (Å²) >= 11 is 0. The third kappa shape index (κ3) is 7.83. The zero-order chi connectivity index (χ0) is 18.9. The first kappa shape index (κ1) is 22.7. The van der Waals surface area contributed by atoms with Crippen LogP contribution in [0.2, 0.25) is 0 Å². The van der Waals surface area contributed by atoms with Crippen LogP contribution in [0, 0.1) is 11.8 Å². The molecule has 0 aliphatic heterocycles. The molecule has 0 unspecified atom stereocenters. The van der Waals surface area contributed by atoms with Crippen LogP contribution in [0.25, 0.3) is 0 Å². The Balaban J connectivity index is 2.96. The number of hydrogen-bond acceptors (Lipinski definition) is 9. The van der Waals surface area contributed by atoms with Gasteiger partial charge in [0.25, 0.3) is 10.1 Å². The Morgan fingerprint density at radius 2 is 1.32 bits per heavy atom. The fraction of sp³-hybridized carbons (Fsp3) is 1.00. The third-order valence-corrected chi connectivity index (χ3v) is 4.54. The fourth-order valence-corrected chi connectivity index (χ4v) is 3.44. The summed E-state index contributed by atoms with van der Waals surface area (Å²) < 4.78 is 60.1. The quantitative estimate of drug-likeness (QED) is 0.352. The molecule has 0 heterocycles. The van der Waals surface area contributed by atoms with Crippen molar-refractivity contribution in [3.8, 4) is 0 Å². The van der Waals surface area contributed by atoms with E-state index < -0.39 is 22.3 Å². The van der Waals surface area contributed by atoms with Gasteiger partial charge in [-0.3, -0.25) is 4.18 Å². The average Bonchev–Trinajstić information content (AvgIpc) is 2.55. The van der Waals surface area contributed by atoms with Crippen molar-refractivity contribution < 1.29 is 41.0 Å². The average molecular weight is 386 g/mol. The van der Waals surface area contributed by atoms with E-state index in [9.17, 15) is 8.42 Å². The van der Waals surface area contributed by atoms with Gasteiger partial charge in [0, 0.05) is 27.2 Å². The van der Waals surface area contributed by atoms with Crippen molar-refractivity contribution >= 4 is 10.1 Å². The summed E-state index contributed by atoms with van der Waals surface area (Å²) in [5, 5.41) is 0. The summed E-state index contributed by atoms with van der Waals surface area (Å²) in [6.07, 6.45) is 0.405. The lowest BCUT2D eigenvalue weighted by Crippen LogP contribution is -2.55. The van der Waals surface area contributed by atoms with Crippen molar-refractivity contribution in [3.05, 3.63) is 0 Å². The van der Waals surface area contributed by atoms with E-state index in [0.29, 0.717) is 6.42 Å². The molecule has 0 aromatic carbocycles. The maximum absolute atomic E-state index is 11.4. The Morgan fingerprint density at radius 1 is 0.840 bits per heavy atom. The lowest BCUT2D eigenvalue weighted by Gasteiger charge is -2.44. The van der Waals surface area contributed by atoms with Gasteiger partial charge in [0.15, 0.2) is 0 Å². The molecule has 0 spiro atoms. The van der Waals surface area contributed by atoms with Gasteiger partial charge in [-0.2, -0.15) is 8.42 Å². The van der Waals surface area contributed by atoms with E-state index in [1.165, 1.54) is 14.2 Å². The number of rotatable bonds is 12. The highest BCUT2D eigenvalue weighted by Crippen LogP contribution is 2.36. The summed E-state index contributed by atoms with van der Waals surface area (Å²) in [4.78, 5) is 0. The van der Waals surface area contributed by atoms with Gasteiger partial charge in [-0.25, -0.2) is 0 Å². The van der Waals surface area contributed by atoms with Crippen molar-refractivity contribution in [1.82, 2.24) is 0 Å². The molecule has 0 aromatic rings. The molecular weight excluding hydrogens is 356 g/mol. The number of hydrogen-bond donors (Lipinski definition) is 0. The van der Waals surface area contributed by atoms with E-state index in [4.69, 9.17) is 32.6 Å². The normalized spacial score (nSPS) is 30.5. The second kappa shape index (κ2) is 11.4. The van der Waals surface area contributed by atoms with Crippen molar-refractivity contribution in [2.45, 2.75) is 31.7 Å². The number of methoxy groups -OCH3 is 3. The van der Waals surface area contributed by atoms with Crippen LogP contribution in [0.3, 0.4) is 0 Å². The smallest absolute Gasteiger partial charge is 0.264 e. The molecule has 9 nitrogen and oxygen atoms in total. The van der Waals surface area contributed by atoms with Crippen molar-refractivity contribution in [3.63, 3.8) is 0 Å². The molecule has 5 atom stereocenters. The van der Waals surface area contributed by atoms with Crippen LogP contribution < -0.4 is 0 Å². The minimum absolute atomic E-state index is 0.00138. The summed E-state index contributed by atoms with van der Waals surface area (Å²) in [6, 6.07) is 0. The summed E-state index contributed by atoms with van der Waals surface area (Å²) in [7, 11) is 1.02. The van der Waals surface area contributed by atoms with Crippen molar-refractivity contribution in [1.29, 1.82) is 0 Å². The predicted molar refractivity (Wildman–Crippen MR) is 88.3 cm³/mol. The van der Waals surface area contributed by atoms with E-state index in [2.05, 4.69) is 0 Å². The standard InChI is InChI=1S/C15H30O9S/c1-11-6-12(7-24-25(5,16)17)14(22-9-19-3)15(23-10-20-4)13(11)21-8-18-2/h11-15H,6-10H2,1-5H3/t11-,12+,13-,14-,15-/m1/s1. The largest absolute Gasteiger partial charge is 0.359 e. The molecular formula is C15H30O9S. The third-order valence-electron chi connectivity index (χ3n) is 3.98. The molecule has 25 heavy (non-hydrogen) atoms. The van der Waals surface area contributed by atoms with Gasteiger partial charge >= 0.3 is 0 Å². The minimum Gasteiger partial charge on any atom is -0.359 e. The van der Waals surface area contributed by atoms with Crippen LogP contribution in [-0.2, 0) is 42.7 Å². The molecule has 1 aliphatic rings. The number of ether oxygens (including phenoxy) is 6. The van der Waals surface area contributed by atoms with E-state index in [0.717, 1.165) is 6.26 Å². The molecule has 0 N–H and O–H groups in total. The van der Waals surface area contributed by atoms with Crippen LogP contribution in [0.1, 0.15) is 13.3 Å². The lowest BCUT2D eigenvalue weighted by molar-refractivity contribution is -0.246. The molecule has 1 saturated carbocycles. The van der Waals surface area contributed by atoms with Gasteiger partial charge in [-0.1, -0.05) is 6.92 Å². The monoisotopic (exact) mass is 386 g/mol. The Kier molecular flexibility index (Phi) is 10.4. The molecule has 0 amide bonds. The first-order valence-electron chi connectivity index (χ1n) is 8.00. The van der Waals surface area contributed by atoms with Gasteiger partial charge < -0.3 is 28.4 Å². The highest BCUT2D eigenvalue weighted by molar-refractivity contribution is 7.85. The summed E-state index contributed by atoms with van der Waals surface area (Å²) in [6.45, 7) is 2.21. The van der Waals surface area contributed by atoms with E-state index >= 15 is 0 Å². The molecule has 0 bridgehead atoms. The summed E-state index contributed by atoms with van der Waals surface area (Å²) in [5.74, 6) is -0.128. The van der Waals surface area contributed by atoms with Crippen LogP contribution in [0.4, 0.5) is 0 Å². The first-order valence-corrected chi connectivity index (χ1v) is 9.81. The Morgan fingerprint density at radius 3 is 1.80 bits per heavy atom. The second-order valence-electron chi connectivity index (χ2n) is 6.08. The van der Waals surface area contributed by atoms with Crippen LogP contribution in [0.5, 0.6) is 0 Å². The van der Waals surface area contributed by atoms with Gasteiger partial charge in [0.2, 0.25) is 0 Å². The second-order valence-corrected chi connectivity index (χ2v) is 7.72. The molecule has 150 valence electrons. The molecule has 10 heteroatoms. The van der Waals surface area contributed by atoms with Crippen molar-refractivity contribution in [2.75, 3.05) is 54.6 Å². The Hall–Kier alpha value is -0.330. The van der Waals surface area contributed by atoms with E-state index in [-0.39, 0.29) is 44.9 Å². The Labute approximate surface area is 149 Å². The maximum atomic E-state index is 11.4. The van der Waals surface area contributed by atoms with Gasteiger partial charge in [-0.15, -0.1) is 0 Å². The maximum Gasteiger partial charge on any atom is 0.264 e. The van der Waals surface area contributed by atoms with Gasteiger partial charge in [0.1, 0.15) is 26.5 Å². The van der Waals surface area contributed by atoms with Gasteiger partial charge in [-0.05, 0) is 12.3 Å². The van der Waals surface area contributed by atoms with Crippen LogP contribution >= 0.6 is 0 Å². The highest BCUT2D eigenvalue weighted by Gasteiger charge is 2.46. The fourth-order valence-electron chi connectivity index (χ4n) is 3.02. The van der Waals surface area contributed by atoms with E-state index in [1.54, 1.807) is 7.11 Å². The topological polar surface area (TPSA) is 98.8 Å². The Bertz CT molecular complexity index is 456. The molecule has 1 fully saturated rings. The van der Waals surface area contributed by atoms with Crippen LogP contribution in [0.15, 0.2) is 0 Å². The molecule has 1 aliphatic carbocycles. The lowest BCUT2D eigenvalue weighted by atomic mass is 9.76. The van der Waals surface area contributed by atoms with Crippen molar-refractivity contribution in [2.24, 2.45) is 11.8 Å². The van der Waals surface area contributed by atoms with Crippen LogP contribution in [-0.4, -0.2) is 81.3 Å². The highest BCUT2D eigenvalue weighted by atomic mass is 32.2. The first-order chi connectivity index (χ1) is 11.8. The predicted octanol–water partition coefficient (Wildman–Crippen LogP) is 0.586. The van der Waals surface area contributed by atoms with E-state index in [1.807, 2.05) is 6.92 Å². The SMILES string of the molecule is COCO[C@H]1[C@H](OCOC)[C@H](COS(C)(=O)=O)C[C@@H](C)[C@H]1OCOC. The zero-order valence-corrected chi connectivity index (χ0v) is 16.3. The molecule has 0 radical (unpaired) electrons. The molecule has 1 rings (SSSR count).